The van der Waals surface area contributed by atoms with Gasteiger partial charge in [-0.25, -0.2) is 0 Å². The Balaban J connectivity index is 2.79. The molecule has 0 saturated carbocycles. The zero-order valence-electron chi connectivity index (χ0n) is 6.71. The first-order chi connectivity index (χ1) is 5.81. The standard InChI is InChI=1S/C9H8BrN2/c1-2-8-7-5-6(10)3-4-9(7)12-11-8/h3-5H,2H2,1H3. The molecule has 0 fully saturated rings. The second-order valence-corrected chi connectivity index (χ2v) is 3.58. The molecule has 1 heterocycles. The van der Waals surface area contributed by atoms with E-state index in [2.05, 4.69) is 39.4 Å². The average molecular weight is 224 g/mol. The van der Waals surface area contributed by atoms with Gasteiger partial charge < -0.3 is 0 Å². The van der Waals surface area contributed by atoms with Gasteiger partial charge in [-0.3, -0.25) is 0 Å². The summed E-state index contributed by atoms with van der Waals surface area (Å²) >= 11 is 3.42. The molecule has 12 heavy (non-hydrogen) atoms. The van der Waals surface area contributed by atoms with Crippen molar-refractivity contribution in [3.05, 3.63) is 33.2 Å². The van der Waals surface area contributed by atoms with Gasteiger partial charge in [-0.2, -0.15) is 10.5 Å². The first-order valence-electron chi connectivity index (χ1n) is 3.88. The van der Waals surface area contributed by atoms with E-state index < -0.39 is 0 Å². The highest BCUT2D eigenvalue weighted by molar-refractivity contribution is 9.10. The third-order valence-electron chi connectivity index (χ3n) is 1.88. The summed E-state index contributed by atoms with van der Waals surface area (Å²) in [5, 5.41) is 6.20. The molecule has 0 unspecified atom stereocenters. The van der Waals surface area contributed by atoms with E-state index in [4.69, 9.17) is 0 Å². The maximum Gasteiger partial charge on any atom is 0.0948 e. The van der Waals surface area contributed by atoms with Gasteiger partial charge in [0, 0.05) is 9.69 Å². The fourth-order valence-corrected chi connectivity index (χ4v) is 1.62. The first kappa shape index (κ1) is 7.80. The normalized spacial score (nSPS) is 13.7. The van der Waals surface area contributed by atoms with Gasteiger partial charge in [0.25, 0.3) is 0 Å². The molecule has 1 aromatic rings. The number of fused-ring (bicyclic) bond motifs is 1. The van der Waals surface area contributed by atoms with Crippen molar-refractivity contribution >= 4 is 21.6 Å². The van der Waals surface area contributed by atoms with Gasteiger partial charge >= 0.3 is 0 Å². The quantitative estimate of drug-likeness (QED) is 0.683. The van der Waals surface area contributed by atoms with Crippen LogP contribution in [0.2, 0.25) is 0 Å². The zero-order chi connectivity index (χ0) is 8.55. The van der Waals surface area contributed by atoms with Crippen LogP contribution in [0.1, 0.15) is 13.3 Å². The maximum absolute atomic E-state index is 4.08. The Hall–Kier alpha value is -0.830. The van der Waals surface area contributed by atoms with Gasteiger partial charge in [-0.1, -0.05) is 22.9 Å². The molecular formula is C9H8BrN2. The lowest BCUT2D eigenvalue weighted by Crippen LogP contribution is -2.22. The molecule has 0 spiro atoms. The second-order valence-electron chi connectivity index (χ2n) is 2.66. The number of benzene rings is 1. The molecule has 0 aromatic heterocycles. The Morgan fingerprint density at radius 2 is 2.25 bits per heavy atom. The third-order valence-corrected chi connectivity index (χ3v) is 2.38. The highest BCUT2D eigenvalue weighted by atomic mass is 79.9. The number of hydrogen-bond acceptors (Lipinski definition) is 1. The van der Waals surface area contributed by atoms with Gasteiger partial charge in [0.05, 0.1) is 11.1 Å². The molecule has 61 valence electrons. The van der Waals surface area contributed by atoms with Gasteiger partial charge in [0.1, 0.15) is 0 Å². The maximum atomic E-state index is 4.08. The summed E-state index contributed by atoms with van der Waals surface area (Å²) in [6.07, 6.45) is 0.937. The Bertz CT molecular complexity index is 423. The smallest absolute Gasteiger partial charge is 0.0948 e. The van der Waals surface area contributed by atoms with Crippen molar-refractivity contribution in [2.45, 2.75) is 13.3 Å². The van der Waals surface area contributed by atoms with Crippen LogP contribution in [-0.2, 0) is 0 Å². The fourth-order valence-electron chi connectivity index (χ4n) is 1.26. The van der Waals surface area contributed by atoms with Gasteiger partial charge in [0.2, 0.25) is 0 Å². The van der Waals surface area contributed by atoms with E-state index in [1.807, 2.05) is 12.1 Å². The molecule has 1 aliphatic heterocycles. The van der Waals surface area contributed by atoms with Crippen LogP contribution in [0.15, 0.2) is 27.8 Å². The van der Waals surface area contributed by atoms with Crippen LogP contribution >= 0.6 is 15.9 Å². The molecule has 3 heteroatoms. The van der Waals surface area contributed by atoms with Crippen LogP contribution in [0.5, 0.6) is 0 Å². The molecule has 0 saturated heterocycles. The van der Waals surface area contributed by atoms with E-state index in [1.165, 1.54) is 0 Å². The van der Waals surface area contributed by atoms with Gasteiger partial charge in [0.15, 0.2) is 0 Å². The van der Waals surface area contributed by atoms with Crippen LogP contribution < -0.4 is 16.0 Å². The molecule has 1 aromatic carbocycles. The molecule has 1 radical (unpaired) electrons. The lowest BCUT2D eigenvalue weighted by molar-refractivity contribution is 0.911. The highest BCUT2D eigenvalue weighted by Crippen LogP contribution is 2.05. The van der Waals surface area contributed by atoms with Crippen LogP contribution in [0.4, 0.5) is 0 Å². The summed E-state index contributed by atoms with van der Waals surface area (Å²) in [4.78, 5) is 0. The summed E-state index contributed by atoms with van der Waals surface area (Å²) in [6, 6.07) is 6.02. The fraction of sp³-hybridized carbons (Fsp3) is 0.222. The zero-order valence-corrected chi connectivity index (χ0v) is 8.30. The van der Waals surface area contributed by atoms with Crippen molar-refractivity contribution in [3.8, 4) is 0 Å². The predicted molar refractivity (Wildman–Crippen MR) is 50.8 cm³/mol. The van der Waals surface area contributed by atoms with E-state index in [0.29, 0.717) is 0 Å². The van der Waals surface area contributed by atoms with Crippen LogP contribution in [-0.4, -0.2) is 0 Å². The van der Waals surface area contributed by atoms with Crippen molar-refractivity contribution in [2.24, 2.45) is 5.10 Å². The summed E-state index contributed by atoms with van der Waals surface area (Å²) in [5.74, 6) is 0. The van der Waals surface area contributed by atoms with Crippen LogP contribution in [0.3, 0.4) is 0 Å². The lowest BCUT2D eigenvalue weighted by atomic mass is 10.2. The minimum atomic E-state index is 0.937. The van der Waals surface area contributed by atoms with E-state index >= 15 is 0 Å². The van der Waals surface area contributed by atoms with Gasteiger partial charge in [-0.05, 0) is 24.6 Å². The molecular weight excluding hydrogens is 216 g/mol. The molecule has 2 rings (SSSR count). The van der Waals surface area contributed by atoms with Crippen molar-refractivity contribution in [1.82, 2.24) is 5.43 Å². The Morgan fingerprint density at radius 1 is 1.42 bits per heavy atom. The number of hydrogen-bond donors (Lipinski definition) is 0. The lowest BCUT2D eigenvalue weighted by Gasteiger charge is -1.91. The Morgan fingerprint density at radius 3 is 3.00 bits per heavy atom. The Kier molecular flexibility index (Phi) is 1.89. The summed E-state index contributed by atoms with van der Waals surface area (Å²) in [5.41, 5.74) is 5.16. The summed E-state index contributed by atoms with van der Waals surface area (Å²) in [6.45, 7) is 2.09. The minimum absolute atomic E-state index is 0.937. The third kappa shape index (κ3) is 1.14. The molecule has 2 nitrogen and oxygen atoms in total. The van der Waals surface area contributed by atoms with E-state index in [-0.39, 0.29) is 0 Å². The van der Waals surface area contributed by atoms with E-state index in [0.717, 1.165) is 27.2 Å². The first-order valence-corrected chi connectivity index (χ1v) is 4.68. The Labute approximate surface area is 79.1 Å². The number of halogens is 1. The van der Waals surface area contributed by atoms with Crippen molar-refractivity contribution < 1.29 is 0 Å². The van der Waals surface area contributed by atoms with E-state index in [1.54, 1.807) is 0 Å². The van der Waals surface area contributed by atoms with Gasteiger partial charge in [-0.15, -0.1) is 0 Å². The number of nitrogens with zero attached hydrogens (tertiary/aromatic N) is 2. The second kappa shape index (κ2) is 2.90. The average Bonchev–Trinajstić information content (AvgIpc) is 2.46. The molecule has 0 N–H and O–H groups in total. The molecule has 0 atom stereocenters. The van der Waals surface area contributed by atoms with Crippen molar-refractivity contribution in [3.63, 3.8) is 0 Å². The molecule has 1 aliphatic rings. The van der Waals surface area contributed by atoms with Crippen LogP contribution in [0, 0.1) is 0 Å². The molecule has 0 aliphatic carbocycles. The number of rotatable bonds is 1. The van der Waals surface area contributed by atoms with Crippen molar-refractivity contribution in [1.29, 1.82) is 0 Å². The van der Waals surface area contributed by atoms with Crippen LogP contribution in [0.25, 0.3) is 5.70 Å². The minimum Gasteiger partial charge on any atom is -0.154 e. The SMILES string of the molecule is CCC1=c2cc(Br)ccc2=N[N]1. The topological polar surface area (TPSA) is 26.5 Å². The monoisotopic (exact) mass is 223 g/mol. The molecule has 0 amide bonds. The summed E-state index contributed by atoms with van der Waals surface area (Å²) < 4.78 is 1.08. The summed E-state index contributed by atoms with van der Waals surface area (Å²) in [7, 11) is 0. The molecule has 0 bridgehead atoms. The predicted octanol–water partition coefficient (Wildman–Crippen LogP) is 1.12. The van der Waals surface area contributed by atoms with E-state index in [9.17, 15) is 0 Å². The van der Waals surface area contributed by atoms with Crippen molar-refractivity contribution in [2.75, 3.05) is 0 Å². The largest absolute Gasteiger partial charge is 0.154 e. The highest BCUT2D eigenvalue weighted by Gasteiger charge is 2.05.